The summed E-state index contributed by atoms with van der Waals surface area (Å²) < 4.78 is 19.6. The summed E-state index contributed by atoms with van der Waals surface area (Å²) in [5.74, 6) is -0.684. The Labute approximate surface area is 66.7 Å². The molecule has 0 aliphatic heterocycles. The highest BCUT2D eigenvalue weighted by Gasteiger charge is 2.10. The zero-order chi connectivity index (χ0) is 8.85. The van der Waals surface area contributed by atoms with Crippen LogP contribution < -0.4 is 10.2 Å². The zero-order valence-corrected chi connectivity index (χ0v) is 6.94. The van der Waals surface area contributed by atoms with E-state index in [-0.39, 0.29) is 0 Å². The van der Waals surface area contributed by atoms with E-state index in [4.69, 9.17) is 0 Å². The average molecular weight is 181 g/mol. The Balaban J connectivity index is 3.60. The zero-order valence-electron chi connectivity index (χ0n) is 6.12. The van der Waals surface area contributed by atoms with Gasteiger partial charge in [0.25, 0.3) is 0 Å². The molecule has 0 bridgehead atoms. The van der Waals surface area contributed by atoms with Gasteiger partial charge in [-0.1, -0.05) is 4.89 Å². The Kier molecular flexibility index (Phi) is 4.95. The number of carbonyl (C=O) groups is 1. The highest BCUT2D eigenvalue weighted by molar-refractivity contribution is 7.76. The van der Waals surface area contributed by atoms with Crippen LogP contribution in [0, 0.1) is 0 Å². The SMILES string of the molecule is CN[C@H](C)C(=O)ONS(=O)[O-]. The van der Waals surface area contributed by atoms with Gasteiger partial charge < -0.3 is 14.7 Å². The molecule has 11 heavy (non-hydrogen) atoms. The van der Waals surface area contributed by atoms with Crippen molar-refractivity contribution in [3.8, 4) is 0 Å². The number of carbonyl (C=O) groups excluding carboxylic acids is 1. The fourth-order valence-electron chi connectivity index (χ4n) is 0.281. The predicted molar refractivity (Wildman–Crippen MR) is 36.7 cm³/mol. The van der Waals surface area contributed by atoms with Gasteiger partial charge >= 0.3 is 5.97 Å². The van der Waals surface area contributed by atoms with E-state index in [0.29, 0.717) is 0 Å². The molecule has 0 saturated carbocycles. The molecule has 0 spiro atoms. The van der Waals surface area contributed by atoms with E-state index in [9.17, 15) is 13.6 Å². The Morgan fingerprint density at radius 3 is 2.64 bits per heavy atom. The quantitative estimate of drug-likeness (QED) is 0.404. The maximum Gasteiger partial charge on any atom is 0.342 e. The van der Waals surface area contributed by atoms with Gasteiger partial charge in [0.15, 0.2) is 0 Å². The van der Waals surface area contributed by atoms with Gasteiger partial charge in [-0.25, -0.2) is 4.79 Å². The van der Waals surface area contributed by atoms with Crippen molar-refractivity contribution in [1.82, 2.24) is 10.2 Å². The van der Waals surface area contributed by atoms with Gasteiger partial charge in [0.1, 0.15) is 6.04 Å². The highest BCUT2D eigenvalue weighted by atomic mass is 32.2. The molecule has 0 aromatic rings. The second kappa shape index (κ2) is 5.19. The summed E-state index contributed by atoms with van der Waals surface area (Å²) in [6.07, 6.45) is 0. The van der Waals surface area contributed by atoms with E-state index in [0.717, 1.165) is 0 Å². The smallest absolute Gasteiger partial charge is 0.342 e. The molecule has 0 heterocycles. The number of rotatable bonds is 4. The minimum absolute atomic E-state index is 0.536. The van der Waals surface area contributed by atoms with Crippen molar-refractivity contribution in [2.24, 2.45) is 0 Å². The van der Waals surface area contributed by atoms with E-state index >= 15 is 0 Å². The van der Waals surface area contributed by atoms with Gasteiger partial charge in [-0.2, -0.15) is 0 Å². The summed E-state index contributed by atoms with van der Waals surface area (Å²) in [6, 6.07) is -0.536. The number of likely N-dealkylation sites (N-methyl/N-ethyl adjacent to an activating group) is 1. The van der Waals surface area contributed by atoms with Crippen LogP contribution in [0.1, 0.15) is 6.92 Å². The first kappa shape index (κ1) is 10.5. The van der Waals surface area contributed by atoms with Crippen LogP contribution in [0.3, 0.4) is 0 Å². The van der Waals surface area contributed by atoms with E-state index in [1.54, 1.807) is 7.05 Å². The van der Waals surface area contributed by atoms with Gasteiger partial charge in [0, 0.05) is 0 Å². The summed E-state index contributed by atoms with van der Waals surface area (Å²) in [6.45, 7) is 1.54. The maximum atomic E-state index is 10.7. The molecule has 6 nitrogen and oxygen atoms in total. The lowest BCUT2D eigenvalue weighted by Crippen LogP contribution is -2.36. The van der Waals surface area contributed by atoms with E-state index < -0.39 is 23.3 Å². The Hall–Kier alpha value is -0.500. The van der Waals surface area contributed by atoms with Gasteiger partial charge in [-0.3, -0.25) is 4.21 Å². The molecule has 0 fully saturated rings. The standard InChI is InChI=1S/C4H10N2O4S/c1-3(5-2)4(7)10-6-11(8)9/h3,5-6H,1-2H3,(H,8,9)/p-1/t3-/m1/s1. The molecular formula is C4H9N2O4S-. The topological polar surface area (TPSA) is 90.5 Å². The summed E-state index contributed by atoms with van der Waals surface area (Å²) in [5, 5.41) is 2.57. The molecule has 1 unspecified atom stereocenters. The Morgan fingerprint density at radius 1 is 1.73 bits per heavy atom. The molecule has 0 rings (SSSR count). The average Bonchev–Trinajstić information content (AvgIpc) is 1.98. The van der Waals surface area contributed by atoms with Crippen molar-refractivity contribution < 1.29 is 18.4 Å². The van der Waals surface area contributed by atoms with Crippen LogP contribution in [0.15, 0.2) is 0 Å². The lowest BCUT2D eigenvalue weighted by Gasteiger charge is -2.10. The molecule has 0 amide bonds. The lowest BCUT2D eigenvalue weighted by molar-refractivity contribution is -0.149. The minimum atomic E-state index is -2.58. The van der Waals surface area contributed by atoms with Gasteiger partial charge in [0.2, 0.25) is 0 Å². The van der Waals surface area contributed by atoms with Crippen molar-refractivity contribution >= 4 is 17.2 Å². The third-order valence-corrected chi connectivity index (χ3v) is 1.22. The van der Waals surface area contributed by atoms with Crippen LogP contribution in [0.25, 0.3) is 0 Å². The van der Waals surface area contributed by atoms with Crippen LogP contribution >= 0.6 is 0 Å². The first-order chi connectivity index (χ1) is 5.07. The largest absolute Gasteiger partial charge is 0.758 e. The summed E-state index contributed by atoms with van der Waals surface area (Å²) in [7, 11) is 1.56. The molecule has 0 aromatic heterocycles. The van der Waals surface area contributed by atoms with Crippen LogP contribution in [0.5, 0.6) is 0 Å². The third-order valence-electron chi connectivity index (χ3n) is 0.997. The number of hydrogen-bond acceptors (Lipinski definition) is 5. The van der Waals surface area contributed by atoms with Gasteiger partial charge in [0.05, 0.1) is 11.3 Å². The summed E-state index contributed by atoms with van der Waals surface area (Å²) in [5.41, 5.74) is 0. The van der Waals surface area contributed by atoms with Crippen LogP contribution in [-0.2, 0) is 20.9 Å². The van der Waals surface area contributed by atoms with Crippen molar-refractivity contribution in [2.45, 2.75) is 13.0 Å². The monoisotopic (exact) mass is 181 g/mol. The van der Waals surface area contributed by atoms with Crippen molar-refractivity contribution in [3.05, 3.63) is 0 Å². The molecule has 2 atom stereocenters. The molecule has 0 saturated heterocycles. The minimum Gasteiger partial charge on any atom is -0.758 e. The van der Waals surface area contributed by atoms with Crippen LogP contribution in [0.4, 0.5) is 0 Å². The number of nitrogens with one attached hydrogen (secondary N) is 2. The van der Waals surface area contributed by atoms with Gasteiger partial charge in [-0.15, -0.1) is 0 Å². The third kappa shape index (κ3) is 4.85. The summed E-state index contributed by atoms with van der Waals surface area (Å²) in [4.78, 5) is 16.2. The first-order valence-electron chi connectivity index (χ1n) is 2.80. The lowest BCUT2D eigenvalue weighted by atomic mass is 10.4. The highest BCUT2D eigenvalue weighted by Crippen LogP contribution is 1.83. The fourth-order valence-corrected chi connectivity index (χ4v) is 0.432. The molecule has 0 aliphatic carbocycles. The second-order valence-electron chi connectivity index (χ2n) is 1.75. The Bertz CT molecular complexity index is 162. The van der Waals surface area contributed by atoms with Crippen LogP contribution in [0.2, 0.25) is 0 Å². The maximum absolute atomic E-state index is 10.7. The molecule has 0 aliphatic rings. The van der Waals surface area contributed by atoms with Crippen molar-refractivity contribution in [1.29, 1.82) is 0 Å². The second-order valence-corrected chi connectivity index (χ2v) is 2.39. The summed E-state index contributed by atoms with van der Waals surface area (Å²) >= 11 is -2.58. The van der Waals surface area contributed by atoms with Crippen LogP contribution in [-0.4, -0.2) is 27.8 Å². The Morgan fingerprint density at radius 2 is 2.27 bits per heavy atom. The number of hydrogen-bond donors (Lipinski definition) is 2. The normalized spacial score (nSPS) is 15.5. The first-order valence-corrected chi connectivity index (χ1v) is 3.88. The van der Waals surface area contributed by atoms with Gasteiger partial charge in [-0.05, 0) is 14.0 Å². The molecule has 7 heteroatoms. The predicted octanol–water partition coefficient (Wildman–Crippen LogP) is -1.56. The fraction of sp³-hybridized carbons (Fsp3) is 0.750. The molecule has 0 aromatic carbocycles. The van der Waals surface area contributed by atoms with Crippen molar-refractivity contribution in [3.63, 3.8) is 0 Å². The van der Waals surface area contributed by atoms with E-state index in [1.807, 2.05) is 0 Å². The molecule has 0 radical (unpaired) electrons. The van der Waals surface area contributed by atoms with E-state index in [1.165, 1.54) is 11.8 Å². The van der Waals surface area contributed by atoms with Crippen molar-refractivity contribution in [2.75, 3.05) is 7.05 Å². The molecular weight excluding hydrogens is 172 g/mol. The van der Waals surface area contributed by atoms with E-state index in [2.05, 4.69) is 10.2 Å². The molecule has 2 N–H and O–H groups in total. The molecule has 66 valence electrons.